The van der Waals surface area contributed by atoms with Crippen LogP contribution in [0.4, 0.5) is 5.69 Å². The van der Waals surface area contributed by atoms with Crippen LogP contribution in [0.5, 0.6) is 5.75 Å². The molecule has 1 heterocycles. The van der Waals surface area contributed by atoms with Gasteiger partial charge in [-0.2, -0.15) is 0 Å². The van der Waals surface area contributed by atoms with Gasteiger partial charge < -0.3 is 19.9 Å². The number of ether oxygens (including phenoxy) is 2. The Kier molecular flexibility index (Phi) is 7.43. The van der Waals surface area contributed by atoms with Crippen LogP contribution in [0, 0.1) is 10.1 Å². The van der Waals surface area contributed by atoms with Crippen LogP contribution in [-0.2, 0) is 20.1 Å². The molecule has 2 N–H and O–H groups in total. The van der Waals surface area contributed by atoms with E-state index in [2.05, 4.69) is 5.32 Å². The Balaban J connectivity index is 1.90. The number of carbonyl (C=O) groups is 2. The predicted octanol–water partition coefficient (Wildman–Crippen LogP) is 1.98. The normalized spacial score (nSPS) is 15.7. The predicted molar refractivity (Wildman–Crippen MR) is 99.0 cm³/mol. The number of amides is 1. The Morgan fingerprint density at radius 2 is 2.11 bits per heavy atom. The summed E-state index contributed by atoms with van der Waals surface area (Å²) in [6.45, 7) is 0.826. The SMILES string of the molecule is COc1ccc(CSCC(=O)NC2(CC(=O)O)CCOCC2)cc1[N+](=O)[O-]. The van der Waals surface area contributed by atoms with Gasteiger partial charge in [0.05, 0.1) is 29.7 Å². The lowest BCUT2D eigenvalue weighted by molar-refractivity contribution is -0.385. The molecule has 0 saturated carbocycles. The molecule has 1 aromatic carbocycles. The summed E-state index contributed by atoms with van der Waals surface area (Å²) in [6.07, 6.45) is 0.776. The highest BCUT2D eigenvalue weighted by Crippen LogP contribution is 2.29. The van der Waals surface area contributed by atoms with Crippen LogP contribution in [0.15, 0.2) is 18.2 Å². The van der Waals surface area contributed by atoms with Gasteiger partial charge in [-0.15, -0.1) is 11.8 Å². The smallest absolute Gasteiger partial charge is 0.311 e. The number of hydrogen-bond donors (Lipinski definition) is 2. The highest BCUT2D eigenvalue weighted by Gasteiger charge is 2.36. The fraction of sp³-hybridized carbons (Fsp3) is 0.529. The lowest BCUT2D eigenvalue weighted by atomic mass is 9.86. The number of nitrogens with one attached hydrogen (secondary N) is 1. The second-order valence-electron chi connectivity index (χ2n) is 6.27. The first-order chi connectivity index (χ1) is 12.8. The van der Waals surface area contributed by atoms with E-state index in [0.29, 0.717) is 37.4 Å². The van der Waals surface area contributed by atoms with Crippen molar-refractivity contribution >= 4 is 29.3 Å². The summed E-state index contributed by atoms with van der Waals surface area (Å²) in [5.41, 5.74) is -0.199. The summed E-state index contributed by atoms with van der Waals surface area (Å²) in [6, 6.07) is 4.66. The van der Waals surface area contributed by atoms with Gasteiger partial charge in [0.2, 0.25) is 5.91 Å². The Morgan fingerprint density at radius 1 is 1.41 bits per heavy atom. The number of nitro groups is 1. The van der Waals surface area contributed by atoms with E-state index in [1.165, 1.54) is 31.0 Å². The van der Waals surface area contributed by atoms with Gasteiger partial charge in [-0.25, -0.2) is 0 Å². The molecule has 0 radical (unpaired) electrons. The number of carbonyl (C=O) groups excluding carboxylic acids is 1. The quantitative estimate of drug-likeness (QED) is 0.477. The maximum absolute atomic E-state index is 12.3. The van der Waals surface area contributed by atoms with E-state index in [1.54, 1.807) is 6.07 Å². The van der Waals surface area contributed by atoms with Gasteiger partial charge in [-0.3, -0.25) is 19.7 Å². The zero-order valence-electron chi connectivity index (χ0n) is 14.9. The summed E-state index contributed by atoms with van der Waals surface area (Å²) in [4.78, 5) is 33.9. The molecule has 27 heavy (non-hydrogen) atoms. The van der Waals surface area contributed by atoms with E-state index < -0.39 is 16.4 Å². The summed E-state index contributed by atoms with van der Waals surface area (Å²) in [7, 11) is 1.37. The van der Waals surface area contributed by atoms with E-state index in [4.69, 9.17) is 14.6 Å². The number of aliphatic carboxylic acids is 1. The van der Waals surface area contributed by atoms with Crippen molar-refractivity contribution in [2.24, 2.45) is 0 Å². The minimum absolute atomic E-state index is 0.123. The number of carboxylic acids is 1. The zero-order chi connectivity index (χ0) is 19.9. The zero-order valence-corrected chi connectivity index (χ0v) is 15.8. The number of carboxylic acid groups (broad SMARTS) is 1. The maximum atomic E-state index is 12.3. The van der Waals surface area contributed by atoms with Crippen molar-refractivity contribution in [2.75, 3.05) is 26.1 Å². The van der Waals surface area contributed by atoms with Crippen molar-refractivity contribution in [2.45, 2.75) is 30.6 Å². The Morgan fingerprint density at radius 3 is 2.70 bits per heavy atom. The van der Waals surface area contributed by atoms with Crippen LogP contribution in [0.25, 0.3) is 0 Å². The van der Waals surface area contributed by atoms with Crippen LogP contribution < -0.4 is 10.1 Å². The van der Waals surface area contributed by atoms with E-state index in [-0.39, 0.29) is 29.5 Å². The molecule has 1 aliphatic rings. The molecule has 1 amide bonds. The maximum Gasteiger partial charge on any atom is 0.311 e. The second kappa shape index (κ2) is 9.56. The number of benzene rings is 1. The summed E-state index contributed by atoms with van der Waals surface area (Å²) in [5, 5.41) is 23.0. The standard InChI is InChI=1S/C17H22N2O7S/c1-25-14-3-2-12(8-13(14)19(23)24)10-27-11-15(20)18-17(9-16(21)22)4-6-26-7-5-17/h2-3,8H,4-7,9-11H2,1H3,(H,18,20)(H,21,22). The molecule has 1 fully saturated rings. The van der Waals surface area contributed by atoms with E-state index in [1.807, 2.05) is 0 Å². The number of nitrogens with zero attached hydrogens (tertiary/aromatic N) is 1. The highest BCUT2D eigenvalue weighted by atomic mass is 32.2. The Bertz CT molecular complexity index is 705. The minimum Gasteiger partial charge on any atom is -0.490 e. The summed E-state index contributed by atoms with van der Waals surface area (Å²) < 4.78 is 10.2. The molecular weight excluding hydrogens is 376 g/mol. The lowest BCUT2D eigenvalue weighted by Gasteiger charge is -2.36. The first-order valence-electron chi connectivity index (χ1n) is 8.35. The van der Waals surface area contributed by atoms with Crippen molar-refractivity contribution in [1.29, 1.82) is 0 Å². The largest absolute Gasteiger partial charge is 0.490 e. The van der Waals surface area contributed by atoms with E-state index >= 15 is 0 Å². The van der Waals surface area contributed by atoms with Gasteiger partial charge in [-0.05, 0) is 24.5 Å². The van der Waals surface area contributed by atoms with Gasteiger partial charge >= 0.3 is 11.7 Å². The van der Waals surface area contributed by atoms with Gasteiger partial charge in [-0.1, -0.05) is 6.07 Å². The number of hydrogen-bond acceptors (Lipinski definition) is 7. The average molecular weight is 398 g/mol. The number of rotatable bonds is 9. The fourth-order valence-electron chi connectivity index (χ4n) is 2.96. The van der Waals surface area contributed by atoms with Crippen LogP contribution in [-0.4, -0.2) is 53.5 Å². The molecule has 10 heteroatoms. The summed E-state index contributed by atoms with van der Waals surface area (Å²) in [5.74, 6) is -0.502. The molecule has 1 aliphatic heterocycles. The first kappa shape index (κ1) is 21.0. The van der Waals surface area contributed by atoms with Gasteiger partial charge in [0.1, 0.15) is 0 Å². The van der Waals surface area contributed by atoms with Crippen LogP contribution in [0.2, 0.25) is 0 Å². The van der Waals surface area contributed by atoms with Crippen molar-refractivity contribution in [1.82, 2.24) is 5.32 Å². The summed E-state index contributed by atoms with van der Waals surface area (Å²) >= 11 is 1.30. The van der Waals surface area contributed by atoms with Crippen molar-refractivity contribution in [3.8, 4) is 5.75 Å². The molecule has 9 nitrogen and oxygen atoms in total. The van der Waals surface area contributed by atoms with E-state index in [0.717, 1.165) is 0 Å². The highest BCUT2D eigenvalue weighted by molar-refractivity contribution is 7.99. The minimum atomic E-state index is -0.963. The molecule has 148 valence electrons. The van der Waals surface area contributed by atoms with Crippen LogP contribution in [0.3, 0.4) is 0 Å². The molecule has 0 aliphatic carbocycles. The lowest BCUT2D eigenvalue weighted by Crippen LogP contribution is -2.53. The number of nitro benzene ring substituents is 1. The van der Waals surface area contributed by atoms with Crippen LogP contribution >= 0.6 is 11.8 Å². The molecular formula is C17H22N2O7S. The third kappa shape index (κ3) is 6.10. The van der Waals surface area contributed by atoms with Crippen molar-refractivity contribution < 1.29 is 29.1 Å². The molecule has 2 rings (SSSR count). The fourth-order valence-corrected chi connectivity index (χ4v) is 3.73. The third-order valence-corrected chi connectivity index (χ3v) is 5.29. The van der Waals surface area contributed by atoms with Crippen LogP contribution in [0.1, 0.15) is 24.8 Å². The Hall–Kier alpha value is -2.33. The van der Waals surface area contributed by atoms with Gasteiger partial charge in [0.15, 0.2) is 5.75 Å². The van der Waals surface area contributed by atoms with Gasteiger partial charge in [0, 0.05) is 25.0 Å². The average Bonchev–Trinajstić information content (AvgIpc) is 2.61. The van der Waals surface area contributed by atoms with Gasteiger partial charge in [0.25, 0.3) is 0 Å². The number of methoxy groups -OCH3 is 1. The Labute approximate surface area is 160 Å². The molecule has 0 atom stereocenters. The first-order valence-corrected chi connectivity index (χ1v) is 9.50. The monoisotopic (exact) mass is 398 g/mol. The topological polar surface area (TPSA) is 128 Å². The molecule has 1 saturated heterocycles. The molecule has 0 unspecified atom stereocenters. The van der Waals surface area contributed by atoms with Crippen molar-refractivity contribution in [3.63, 3.8) is 0 Å². The van der Waals surface area contributed by atoms with Crippen molar-refractivity contribution in [3.05, 3.63) is 33.9 Å². The number of thioether (sulfide) groups is 1. The molecule has 0 bridgehead atoms. The molecule has 0 aromatic heterocycles. The molecule has 1 aromatic rings. The second-order valence-corrected chi connectivity index (χ2v) is 7.25. The van der Waals surface area contributed by atoms with E-state index in [9.17, 15) is 19.7 Å². The third-order valence-electron chi connectivity index (χ3n) is 4.29. The molecule has 0 spiro atoms.